The maximum Gasteiger partial charge on any atom is 0.240 e. The minimum atomic E-state index is -3.70. The van der Waals surface area contributed by atoms with Gasteiger partial charge >= 0.3 is 0 Å². The van der Waals surface area contributed by atoms with E-state index in [9.17, 15) is 17.6 Å². The second kappa shape index (κ2) is 9.55. The number of ether oxygens (including phenoxy) is 1. The van der Waals surface area contributed by atoms with E-state index in [1.807, 2.05) is 18.7 Å². The number of amides is 1. The molecule has 0 spiro atoms. The van der Waals surface area contributed by atoms with Crippen molar-refractivity contribution in [1.82, 2.24) is 4.72 Å². The maximum atomic E-state index is 14.4. The van der Waals surface area contributed by atoms with Gasteiger partial charge in [-0.3, -0.25) is 4.79 Å². The standard InChI is InChI=1S/C21H26FN3O4S/c1-15-3-5-18(13-16(15)2)30(27,28)23-8-7-21(26)24-17-4-6-20(19(22)14-17)25-9-11-29-12-10-25/h3-6,13-14,23H,7-12H2,1-2H3,(H,24,26). The van der Waals surface area contributed by atoms with Gasteiger partial charge in [0.1, 0.15) is 5.82 Å². The van der Waals surface area contributed by atoms with Crippen LogP contribution in [0, 0.1) is 19.7 Å². The van der Waals surface area contributed by atoms with Crippen LogP contribution in [0.15, 0.2) is 41.3 Å². The number of benzene rings is 2. The first kappa shape index (κ1) is 22.2. The van der Waals surface area contributed by atoms with Gasteiger partial charge in [-0.25, -0.2) is 17.5 Å². The number of nitrogens with one attached hydrogen (secondary N) is 2. The third-order valence-corrected chi connectivity index (χ3v) is 6.47. The Hall–Kier alpha value is -2.49. The third kappa shape index (κ3) is 5.56. The SMILES string of the molecule is Cc1ccc(S(=O)(=O)NCCC(=O)Nc2ccc(N3CCOCC3)c(F)c2)cc1C. The van der Waals surface area contributed by atoms with Gasteiger partial charge in [-0.05, 0) is 55.3 Å². The highest BCUT2D eigenvalue weighted by molar-refractivity contribution is 7.89. The molecular formula is C21H26FN3O4S. The Balaban J connectivity index is 1.53. The van der Waals surface area contributed by atoms with Gasteiger partial charge < -0.3 is 15.0 Å². The van der Waals surface area contributed by atoms with Gasteiger partial charge in [-0.2, -0.15) is 0 Å². The van der Waals surface area contributed by atoms with Crippen LogP contribution in [-0.2, 0) is 19.6 Å². The quantitative estimate of drug-likeness (QED) is 0.698. The van der Waals surface area contributed by atoms with Crippen LogP contribution in [0.1, 0.15) is 17.5 Å². The Bertz CT molecular complexity index is 1020. The summed E-state index contributed by atoms with van der Waals surface area (Å²) in [4.78, 5) is 14.2. The molecule has 3 rings (SSSR count). The first-order chi connectivity index (χ1) is 14.3. The average molecular weight is 436 g/mol. The number of hydrogen-bond acceptors (Lipinski definition) is 5. The molecule has 1 aliphatic heterocycles. The van der Waals surface area contributed by atoms with Crippen molar-refractivity contribution in [2.45, 2.75) is 25.2 Å². The molecule has 0 unspecified atom stereocenters. The summed E-state index contributed by atoms with van der Waals surface area (Å²) in [6.07, 6.45) is -0.0725. The lowest BCUT2D eigenvalue weighted by Gasteiger charge is -2.29. The van der Waals surface area contributed by atoms with Gasteiger partial charge in [0.15, 0.2) is 0 Å². The molecule has 162 valence electrons. The van der Waals surface area contributed by atoms with E-state index >= 15 is 0 Å². The molecule has 2 aromatic rings. The van der Waals surface area contributed by atoms with Crippen LogP contribution in [0.3, 0.4) is 0 Å². The van der Waals surface area contributed by atoms with Crippen molar-refractivity contribution < 1.29 is 22.3 Å². The highest BCUT2D eigenvalue weighted by Gasteiger charge is 2.17. The number of nitrogens with zero attached hydrogens (tertiary/aromatic N) is 1. The van der Waals surface area contributed by atoms with Crippen LogP contribution < -0.4 is 14.9 Å². The summed E-state index contributed by atoms with van der Waals surface area (Å²) in [5.74, 6) is -0.832. The number of rotatable bonds is 7. The summed E-state index contributed by atoms with van der Waals surface area (Å²) in [6.45, 7) is 6.01. The number of morpholine rings is 1. The average Bonchev–Trinajstić information content (AvgIpc) is 2.70. The number of hydrogen-bond donors (Lipinski definition) is 2. The zero-order chi connectivity index (χ0) is 21.7. The number of carbonyl (C=O) groups excluding carboxylic acids is 1. The highest BCUT2D eigenvalue weighted by atomic mass is 32.2. The number of aryl methyl sites for hydroxylation is 2. The molecule has 1 saturated heterocycles. The van der Waals surface area contributed by atoms with Crippen LogP contribution in [0.4, 0.5) is 15.8 Å². The Labute approximate surface area is 176 Å². The van der Waals surface area contributed by atoms with E-state index in [1.54, 1.807) is 24.3 Å². The molecule has 2 aromatic carbocycles. The monoisotopic (exact) mass is 435 g/mol. The smallest absolute Gasteiger partial charge is 0.240 e. The zero-order valence-corrected chi connectivity index (χ0v) is 17.9. The van der Waals surface area contributed by atoms with E-state index < -0.39 is 21.7 Å². The predicted molar refractivity (Wildman–Crippen MR) is 114 cm³/mol. The molecule has 9 heteroatoms. The van der Waals surface area contributed by atoms with Gasteiger partial charge in [0.25, 0.3) is 0 Å². The molecule has 30 heavy (non-hydrogen) atoms. The first-order valence-electron chi connectivity index (χ1n) is 9.75. The Morgan fingerprint density at radius 1 is 1.10 bits per heavy atom. The van der Waals surface area contributed by atoms with Crippen molar-refractivity contribution in [1.29, 1.82) is 0 Å². The van der Waals surface area contributed by atoms with Crippen LogP contribution in [0.25, 0.3) is 0 Å². The van der Waals surface area contributed by atoms with Crippen LogP contribution in [0.5, 0.6) is 0 Å². The molecule has 0 aliphatic carbocycles. The van der Waals surface area contributed by atoms with Crippen LogP contribution in [-0.4, -0.2) is 47.2 Å². The second-order valence-corrected chi connectivity index (χ2v) is 8.97. The van der Waals surface area contributed by atoms with Crippen molar-refractivity contribution >= 4 is 27.3 Å². The zero-order valence-electron chi connectivity index (χ0n) is 17.1. The first-order valence-corrected chi connectivity index (χ1v) is 11.2. The highest BCUT2D eigenvalue weighted by Crippen LogP contribution is 2.24. The molecule has 1 fully saturated rings. The van der Waals surface area contributed by atoms with E-state index in [0.29, 0.717) is 37.7 Å². The summed E-state index contributed by atoms with van der Waals surface area (Å²) in [6, 6.07) is 9.39. The third-order valence-electron chi connectivity index (χ3n) is 5.02. The van der Waals surface area contributed by atoms with Crippen molar-refractivity contribution in [3.8, 4) is 0 Å². The summed E-state index contributed by atoms with van der Waals surface area (Å²) >= 11 is 0. The molecule has 0 atom stereocenters. The maximum absolute atomic E-state index is 14.4. The normalized spacial score (nSPS) is 14.6. The summed E-state index contributed by atoms with van der Waals surface area (Å²) in [5, 5.41) is 2.60. The topological polar surface area (TPSA) is 87.7 Å². The molecule has 0 saturated carbocycles. The predicted octanol–water partition coefficient (Wildman–Crippen LogP) is 2.59. The molecule has 1 amide bonds. The number of carbonyl (C=O) groups is 1. The van der Waals surface area contributed by atoms with Crippen molar-refractivity contribution in [3.05, 3.63) is 53.3 Å². The van der Waals surface area contributed by atoms with E-state index in [1.165, 1.54) is 12.1 Å². The van der Waals surface area contributed by atoms with Gasteiger partial charge in [0.2, 0.25) is 15.9 Å². The van der Waals surface area contributed by atoms with Gasteiger partial charge in [0, 0.05) is 31.7 Å². The lowest BCUT2D eigenvalue weighted by atomic mass is 10.1. The van der Waals surface area contributed by atoms with E-state index in [4.69, 9.17) is 4.74 Å². The minimum Gasteiger partial charge on any atom is -0.378 e. The lowest BCUT2D eigenvalue weighted by Crippen LogP contribution is -2.36. The molecule has 1 heterocycles. The Morgan fingerprint density at radius 2 is 1.83 bits per heavy atom. The molecule has 0 radical (unpaired) electrons. The van der Waals surface area contributed by atoms with Gasteiger partial charge in [-0.1, -0.05) is 6.07 Å². The van der Waals surface area contributed by atoms with E-state index in [-0.39, 0.29) is 17.9 Å². The fourth-order valence-electron chi connectivity index (χ4n) is 3.13. The van der Waals surface area contributed by atoms with Crippen molar-refractivity contribution in [2.75, 3.05) is 43.1 Å². The minimum absolute atomic E-state index is 0.0601. The number of halogens is 1. The van der Waals surface area contributed by atoms with E-state index in [0.717, 1.165) is 11.1 Å². The second-order valence-electron chi connectivity index (χ2n) is 7.21. The molecule has 1 aliphatic rings. The lowest BCUT2D eigenvalue weighted by molar-refractivity contribution is -0.116. The summed E-state index contributed by atoms with van der Waals surface area (Å²) in [7, 11) is -3.70. The largest absolute Gasteiger partial charge is 0.378 e. The Morgan fingerprint density at radius 3 is 2.50 bits per heavy atom. The van der Waals surface area contributed by atoms with E-state index in [2.05, 4.69) is 10.0 Å². The molecule has 0 aromatic heterocycles. The fraction of sp³-hybridized carbons (Fsp3) is 0.381. The molecule has 0 bridgehead atoms. The summed E-state index contributed by atoms with van der Waals surface area (Å²) in [5.41, 5.74) is 2.67. The van der Waals surface area contributed by atoms with Crippen LogP contribution >= 0.6 is 0 Å². The fourth-order valence-corrected chi connectivity index (χ4v) is 4.25. The molecular weight excluding hydrogens is 409 g/mol. The molecule has 7 nitrogen and oxygen atoms in total. The van der Waals surface area contributed by atoms with Crippen LogP contribution in [0.2, 0.25) is 0 Å². The Kier molecular flexibility index (Phi) is 7.06. The number of sulfonamides is 1. The van der Waals surface area contributed by atoms with Crippen molar-refractivity contribution in [3.63, 3.8) is 0 Å². The van der Waals surface area contributed by atoms with Gasteiger partial charge in [0.05, 0.1) is 23.8 Å². The summed E-state index contributed by atoms with van der Waals surface area (Å²) < 4.78 is 46.8. The van der Waals surface area contributed by atoms with Gasteiger partial charge in [-0.15, -0.1) is 0 Å². The van der Waals surface area contributed by atoms with Crippen molar-refractivity contribution in [2.24, 2.45) is 0 Å². The number of anilines is 2. The molecule has 2 N–H and O–H groups in total.